The molecule has 1 amide bonds. The first-order chi connectivity index (χ1) is 10.2. The number of pyridine rings is 1. The van der Waals surface area contributed by atoms with Crippen LogP contribution in [0, 0.1) is 0 Å². The molecule has 1 atom stereocenters. The number of carbonyl (C=O) groups excluding carboxylic acids is 1. The molecule has 4 nitrogen and oxygen atoms in total. The molecule has 108 valence electrons. The summed E-state index contributed by atoms with van der Waals surface area (Å²) in [6.07, 6.45) is 10.4. The van der Waals surface area contributed by atoms with Gasteiger partial charge in [0.25, 0.3) is 0 Å². The van der Waals surface area contributed by atoms with Gasteiger partial charge in [0, 0.05) is 29.4 Å². The van der Waals surface area contributed by atoms with Crippen LogP contribution in [0.3, 0.4) is 0 Å². The van der Waals surface area contributed by atoms with Crippen LogP contribution in [0.5, 0.6) is 0 Å². The molecular weight excluding hydrogens is 282 g/mol. The molecule has 0 spiro atoms. The van der Waals surface area contributed by atoms with Gasteiger partial charge < -0.3 is 5.32 Å². The third-order valence-electron chi connectivity index (χ3n) is 2.78. The van der Waals surface area contributed by atoms with E-state index in [1.807, 2.05) is 43.5 Å². The van der Waals surface area contributed by atoms with Gasteiger partial charge in [-0.1, -0.05) is 18.2 Å². The minimum absolute atomic E-state index is 0.117. The highest BCUT2D eigenvalue weighted by Crippen LogP contribution is 2.24. The number of nitrogens with one attached hydrogen (secondary N) is 1. The van der Waals surface area contributed by atoms with Gasteiger partial charge in [0.1, 0.15) is 5.01 Å². The largest absolute Gasteiger partial charge is 0.344 e. The van der Waals surface area contributed by atoms with Crippen LogP contribution >= 0.6 is 11.3 Å². The van der Waals surface area contributed by atoms with Crippen molar-refractivity contribution in [3.8, 4) is 11.3 Å². The molecule has 2 aromatic rings. The van der Waals surface area contributed by atoms with E-state index in [1.165, 1.54) is 17.4 Å². The fourth-order valence-electron chi connectivity index (χ4n) is 1.72. The van der Waals surface area contributed by atoms with E-state index in [0.29, 0.717) is 0 Å². The Bertz CT molecular complexity index is 647. The van der Waals surface area contributed by atoms with Crippen molar-refractivity contribution >= 4 is 17.2 Å². The van der Waals surface area contributed by atoms with Crippen molar-refractivity contribution in [2.75, 3.05) is 0 Å². The van der Waals surface area contributed by atoms with E-state index in [1.54, 1.807) is 18.5 Å². The smallest absolute Gasteiger partial charge is 0.244 e. The zero-order valence-electron chi connectivity index (χ0n) is 12.0. The lowest BCUT2D eigenvalue weighted by Crippen LogP contribution is -2.24. The summed E-state index contributed by atoms with van der Waals surface area (Å²) in [6.45, 7) is 3.83. The molecule has 0 aliphatic carbocycles. The van der Waals surface area contributed by atoms with E-state index in [9.17, 15) is 4.79 Å². The third kappa shape index (κ3) is 4.36. The molecule has 2 aromatic heterocycles. The van der Waals surface area contributed by atoms with Crippen molar-refractivity contribution in [3.05, 3.63) is 59.2 Å². The van der Waals surface area contributed by atoms with Crippen LogP contribution in [0.15, 0.2) is 54.2 Å². The fourth-order valence-corrected chi connectivity index (χ4v) is 2.55. The summed E-state index contributed by atoms with van der Waals surface area (Å²) in [7, 11) is 0. The number of amides is 1. The predicted octanol–water partition coefficient (Wildman–Crippen LogP) is 3.51. The molecule has 0 saturated heterocycles. The van der Waals surface area contributed by atoms with Gasteiger partial charge in [0.2, 0.25) is 5.91 Å². The monoisotopic (exact) mass is 299 g/mol. The first kappa shape index (κ1) is 15.1. The van der Waals surface area contributed by atoms with E-state index < -0.39 is 0 Å². The van der Waals surface area contributed by atoms with Crippen LogP contribution in [-0.2, 0) is 4.79 Å². The Kier molecular flexibility index (Phi) is 5.40. The topological polar surface area (TPSA) is 54.9 Å². The highest BCUT2D eigenvalue weighted by molar-refractivity contribution is 7.10. The predicted molar refractivity (Wildman–Crippen MR) is 85.9 cm³/mol. The number of nitrogens with zero attached hydrogens (tertiary/aromatic N) is 2. The number of rotatable bonds is 5. The van der Waals surface area contributed by atoms with Crippen molar-refractivity contribution in [2.24, 2.45) is 0 Å². The molecule has 0 aliphatic heterocycles. The van der Waals surface area contributed by atoms with Crippen LogP contribution in [0.1, 0.15) is 24.9 Å². The molecule has 0 fully saturated rings. The molecule has 1 unspecified atom stereocenters. The second kappa shape index (κ2) is 7.50. The van der Waals surface area contributed by atoms with Crippen molar-refractivity contribution in [1.82, 2.24) is 15.3 Å². The third-order valence-corrected chi connectivity index (χ3v) is 3.81. The number of carbonyl (C=O) groups is 1. The molecule has 0 aromatic carbocycles. The van der Waals surface area contributed by atoms with Gasteiger partial charge in [-0.25, -0.2) is 4.98 Å². The Hall–Kier alpha value is -2.27. The van der Waals surface area contributed by atoms with Gasteiger partial charge in [0.15, 0.2) is 0 Å². The summed E-state index contributed by atoms with van der Waals surface area (Å²) in [5.41, 5.74) is 1.93. The minimum atomic E-state index is -0.124. The zero-order chi connectivity index (χ0) is 15.1. The molecule has 5 heteroatoms. The lowest BCUT2D eigenvalue weighted by Gasteiger charge is -2.08. The Morgan fingerprint density at radius 2 is 2.10 bits per heavy atom. The lowest BCUT2D eigenvalue weighted by atomic mass is 10.2. The normalized spacial score (nSPS) is 12.9. The molecular formula is C16H17N3OS. The number of hydrogen-bond acceptors (Lipinski definition) is 4. The van der Waals surface area contributed by atoms with E-state index >= 15 is 0 Å². The van der Waals surface area contributed by atoms with Crippen LogP contribution < -0.4 is 5.32 Å². The van der Waals surface area contributed by atoms with Crippen LogP contribution in [0.2, 0.25) is 0 Å². The SMILES string of the molecule is C/C=C/C=C/C(=O)NC(C)c1nc(-c2ccncc2)cs1. The van der Waals surface area contributed by atoms with Crippen molar-refractivity contribution < 1.29 is 4.79 Å². The van der Waals surface area contributed by atoms with Gasteiger partial charge in [-0.15, -0.1) is 11.3 Å². The van der Waals surface area contributed by atoms with Crippen LogP contribution in [0.4, 0.5) is 0 Å². The van der Waals surface area contributed by atoms with Crippen molar-refractivity contribution in [1.29, 1.82) is 0 Å². The molecule has 0 saturated carbocycles. The van der Waals surface area contributed by atoms with E-state index in [2.05, 4.69) is 15.3 Å². The number of aromatic nitrogens is 2. The summed E-state index contributed by atoms with van der Waals surface area (Å²) in [4.78, 5) is 20.3. The van der Waals surface area contributed by atoms with E-state index in [-0.39, 0.29) is 11.9 Å². The minimum Gasteiger partial charge on any atom is -0.344 e. The molecule has 21 heavy (non-hydrogen) atoms. The first-order valence-corrected chi connectivity index (χ1v) is 7.54. The Morgan fingerprint density at radius 3 is 2.81 bits per heavy atom. The van der Waals surface area contributed by atoms with Gasteiger partial charge >= 0.3 is 0 Å². The number of hydrogen-bond donors (Lipinski definition) is 1. The summed E-state index contributed by atoms with van der Waals surface area (Å²) < 4.78 is 0. The lowest BCUT2D eigenvalue weighted by molar-refractivity contribution is -0.117. The van der Waals surface area contributed by atoms with Crippen molar-refractivity contribution in [2.45, 2.75) is 19.9 Å². The molecule has 2 rings (SSSR count). The summed E-state index contributed by atoms with van der Waals surface area (Å²) in [5, 5.41) is 5.77. The van der Waals surface area contributed by atoms with E-state index in [4.69, 9.17) is 0 Å². The van der Waals surface area contributed by atoms with Gasteiger partial charge in [-0.2, -0.15) is 0 Å². The summed E-state index contributed by atoms with van der Waals surface area (Å²) in [6, 6.07) is 3.72. The van der Waals surface area contributed by atoms with E-state index in [0.717, 1.165) is 16.3 Å². The molecule has 2 heterocycles. The molecule has 0 aliphatic rings. The summed E-state index contributed by atoms with van der Waals surface area (Å²) >= 11 is 1.54. The highest BCUT2D eigenvalue weighted by atomic mass is 32.1. The quantitative estimate of drug-likeness (QED) is 0.679. The maximum Gasteiger partial charge on any atom is 0.244 e. The van der Waals surface area contributed by atoms with Crippen molar-refractivity contribution in [3.63, 3.8) is 0 Å². The maximum absolute atomic E-state index is 11.7. The first-order valence-electron chi connectivity index (χ1n) is 6.66. The van der Waals surface area contributed by atoms with Gasteiger partial charge in [-0.05, 0) is 26.0 Å². The Labute approximate surface area is 128 Å². The average Bonchev–Trinajstić information content (AvgIpc) is 2.98. The molecule has 0 radical (unpaired) electrons. The van der Waals surface area contributed by atoms with Gasteiger partial charge in [-0.3, -0.25) is 9.78 Å². The second-order valence-electron chi connectivity index (χ2n) is 4.42. The average molecular weight is 299 g/mol. The fraction of sp³-hybridized carbons (Fsp3) is 0.188. The molecule has 0 bridgehead atoms. The Balaban J connectivity index is 2.02. The van der Waals surface area contributed by atoms with Gasteiger partial charge in [0.05, 0.1) is 11.7 Å². The Morgan fingerprint density at radius 1 is 1.33 bits per heavy atom. The molecule has 1 N–H and O–H groups in total. The second-order valence-corrected chi connectivity index (χ2v) is 5.31. The summed E-state index contributed by atoms with van der Waals surface area (Å²) in [5.74, 6) is -0.124. The van der Waals surface area contributed by atoms with Crippen LogP contribution in [0.25, 0.3) is 11.3 Å². The number of thiazole rings is 1. The zero-order valence-corrected chi connectivity index (χ0v) is 12.8. The highest BCUT2D eigenvalue weighted by Gasteiger charge is 2.12. The number of allylic oxidation sites excluding steroid dienone is 3. The standard InChI is InChI=1S/C16H17N3OS/c1-3-4-5-6-15(20)18-12(2)16-19-14(11-21-16)13-7-9-17-10-8-13/h3-12H,1-2H3,(H,18,20)/b4-3+,6-5+. The van der Waals surface area contributed by atoms with Crippen LogP contribution in [-0.4, -0.2) is 15.9 Å². The maximum atomic E-state index is 11.7.